The van der Waals surface area contributed by atoms with Crippen LogP contribution in [0.2, 0.25) is 0 Å². The van der Waals surface area contributed by atoms with Crippen LogP contribution in [0.3, 0.4) is 0 Å². The van der Waals surface area contributed by atoms with Gasteiger partial charge in [-0.2, -0.15) is 0 Å². The Labute approximate surface area is 255 Å². The highest BCUT2D eigenvalue weighted by molar-refractivity contribution is 6.00. The number of hydrogen-bond acceptors (Lipinski definition) is 7. The van der Waals surface area contributed by atoms with Crippen LogP contribution in [0.1, 0.15) is 69.2 Å². The number of amides is 2. The first kappa shape index (κ1) is 32.0. The quantitative estimate of drug-likeness (QED) is 0.289. The highest BCUT2D eigenvalue weighted by atomic mass is 16.6. The van der Waals surface area contributed by atoms with E-state index in [1.807, 2.05) is 38.4 Å². The van der Waals surface area contributed by atoms with E-state index in [0.29, 0.717) is 29.8 Å². The molecule has 0 unspecified atom stereocenters. The Morgan fingerprint density at radius 2 is 1.67 bits per heavy atom. The number of aryl methyl sites for hydroxylation is 3. The van der Waals surface area contributed by atoms with Crippen molar-refractivity contribution in [2.24, 2.45) is 0 Å². The summed E-state index contributed by atoms with van der Waals surface area (Å²) in [5.41, 5.74) is 8.58. The largest absolute Gasteiger partial charge is 0.497 e. The van der Waals surface area contributed by atoms with Crippen LogP contribution < -0.4 is 20.4 Å². The van der Waals surface area contributed by atoms with E-state index >= 15 is 0 Å². The van der Waals surface area contributed by atoms with Crippen LogP contribution in [0.25, 0.3) is 0 Å². The first-order chi connectivity index (χ1) is 20.7. The molecule has 0 aliphatic carbocycles. The fourth-order valence-electron chi connectivity index (χ4n) is 5.96. The first-order valence-corrected chi connectivity index (χ1v) is 15.0. The van der Waals surface area contributed by atoms with Crippen molar-refractivity contribution in [1.29, 1.82) is 0 Å². The normalized spacial score (nSPS) is 14.7. The number of benzene rings is 2. The maximum absolute atomic E-state index is 12.9. The molecule has 1 saturated heterocycles. The van der Waals surface area contributed by atoms with Crippen molar-refractivity contribution in [3.05, 3.63) is 88.2 Å². The molecule has 43 heavy (non-hydrogen) atoms. The molecule has 4 rings (SSSR count). The molecule has 2 aromatic carbocycles. The van der Waals surface area contributed by atoms with Crippen LogP contribution in [0.5, 0.6) is 5.75 Å². The van der Waals surface area contributed by atoms with Gasteiger partial charge in [0.05, 0.1) is 14.2 Å². The van der Waals surface area contributed by atoms with Crippen LogP contribution in [0.15, 0.2) is 54.9 Å². The van der Waals surface area contributed by atoms with Gasteiger partial charge in [0.2, 0.25) is 0 Å². The smallest absolute Gasteiger partial charge is 0.275 e. The number of hydrogen-bond donors (Lipinski definition) is 2. The molecule has 1 aliphatic rings. The molecular weight excluding hydrogens is 542 g/mol. The van der Waals surface area contributed by atoms with Gasteiger partial charge in [0, 0.05) is 67.5 Å². The molecule has 0 saturated carbocycles. The molecule has 1 fully saturated rings. The van der Waals surface area contributed by atoms with E-state index < -0.39 is 0 Å². The number of aromatic nitrogens is 1. The number of carbonyl (C=O) groups excluding carboxylic acids is 2. The number of hydroxylamine groups is 1. The SMILES string of the molecule is CONC(=O)c1c(C)cc(C(=O)NCC[C@@H](C)N2CCC(N(Cc3cnccc3C)c3ccc(OC)cc3)CC2)cc1C. The standard InChI is InChI=1S/C34H45N5O4/c1-23-11-15-35-21-28(23)22-39(29-7-9-31(42-5)10-8-29)30-13-17-38(18-14-30)26(4)12-16-36-33(40)27-19-24(2)32(25(3)20-27)34(41)37-43-6/h7-11,15,19-21,26,30H,12-14,16-18,22H2,1-6H3,(H,36,40)(H,37,41)/t26-/m1/s1. The summed E-state index contributed by atoms with van der Waals surface area (Å²) in [4.78, 5) is 39.4. The van der Waals surface area contributed by atoms with E-state index in [4.69, 9.17) is 9.57 Å². The summed E-state index contributed by atoms with van der Waals surface area (Å²) in [6.07, 6.45) is 6.81. The second-order valence-electron chi connectivity index (χ2n) is 11.4. The van der Waals surface area contributed by atoms with Crippen molar-refractivity contribution in [3.63, 3.8) is 0 Å². The van der Waals surface area contributed by atoms with Crippen LogP contribution in [-0.4, -0.2) is 67.6 Å². The Balaban J connectivity index is 1.32. The molecule has 230 valence electrons. The molecule has 9 nitrogen and oxygen atoms in total. The summed E-state index contributed by atoms with van der Waals surface area (Å²) in [7, 11) is 3.09. The minimum Gasteiger partial charge on any atom is -0.497 e. The predicted octanol–water partition coefficient (Wildman–Crippen LogP) is 4.99. The predicted molar refractivity (Wildman–Crippen MR) is 170 cm³/mol. The van der Waals surface area contributed by atoms with Crippen molar-refractivity contribution in [2.45, 2.75) is 65.6 Å². The summed E-state index contributed by atoms with van der Waals surface area (Å²) in [5.74, 6) is 0.409. The summed E-state index contributed by atoms with van der Waals surface area (Å²) >= 11 is 0. The fraction of sp³-hybridized carbons (Fsp3) is 0.441. The second-order valence-corrected chi connectivity index (χ2v) is 11.4. The van der Waals surface area contributed by atoms with Gasteiger partial charge >= 0.3 is 0 Å². The maximum atomic E-state index is 12.9. The van der Waals surface area contributed by atoms with E-state index in [2.05, 4.69) is 57.6 Å². The van der Waals surface area contributed by atoms with Crippen LogP contribution in [0.4, 0.5) is 5.69 Å². The Hall–Kier alpha value is -3.95. The van der Waals surface area contributed by atoms with Crippen LogP contribution in [-0.2, 0) is 11.4 Å². The minimum atomic E-state index is -0.318. The third kappa shape index (κ3) is 8.12. The number of rotatable bonds is 12. The minimum absolute atomic E-state index is 0.128. The molecule has 2 amide bonds. The number of nitrogens with zero attached hydrogens (tertiary/aromatic N) is 3. The van der Waals surface area contributed by atoms with Crippen LogP contribution >= 0.6 is 0 Å². The van der Waals surface area contributed by atoms with Gasteiger partial charge in [-0.05, 0) is 112 Å². The molecule has 9 heteroatoms. The lowest BCUT2D eigenvalue weighted by Gasteiger charge is -2.42. The van der Waals surface area contributed by atoms with E-state index in [-0.39, 0.29) is 11.8 Å². The Morgan fingerprint density at radius 3 is 2.28 bits per heavy atom. The zero-order chi connectivity index (χ0) is 30.9. The van der Waals surface area contributed by atoms with Gasteiger partial charge in [-0.15, -0.1) is 0 Å². The zero-order valence-corrected chi connectivity index (χ0v) is 26.3. The molecular formula is C34H45N5O4. The third-order valence-corrected chi connectivity index (χ3v) is 8.52. The van der Waals surface area contributed by atoms with Gasteiger partial charge in [0.15, 0.2) is 0 Å². The average Bonchev–Trinajstić information content (AvgIpc) is 3.00. The number of likely N-dealkylation sites (tertiary alicyclic amines) is 1. The lowest BCUT2D eigenvalue weighted by molar-refractivity contribution is 0.0536. The van der Waals surface area contributed by atoms with Crippen molar-refractivity contribution in [2.75, 3.05) is 38.8 Å². The summed E-state index contributed by atoms with van der Waals surface area (Å²) in [5, 5.41) is 3.07. The number of ether oxygens (including phenoxy) is 1. The number of methoxy groups -OCH3 is 1. The number of carbonyl (C=O) groups is 2. The van der Waals surface area contributed by atoms with Gasteiger partial charge in [-0.1, -0.05) is 0 Å². The molecule has 2 heterocycles. The molecule has 0 spiro atoms. The molecule has 2 N–H and O–H groups in total. The van der Waals surface area contributed by atoms with E-state index in [1.165, 1.54) is 23.9 Å². The summed E-state index contributed by atoms with van der Waals surface area (Å²) < 4.78 is 5.40. The molecule has 3 aromatic rings. The monoisotopic (exact) mass is 587 g/mol. The Kier molecular flexibility index (Phi) is 11.1. The van der Waals surface area contributed by atoms with E-state index in [1.54, 1.807) is 19.2 Å². The molecule has 1 aromatic heterocycles. The summed E-state index contributed by atoms with van der Waals surface area (Å²) in [6.45, 7) is 11.4. The number of piperidine rings is 1. The highest BCUT2D eigenvalue weighted by Crippen LogP contribution is 2.29. The van der Waals surface area contributed by atoms with Gasteiger partial charge in [-0.25, -0.2) is 5.48 Å². The highest BCUT2D eigenvalue weighted by Gasteiger charge is 2.28. The number of nitrogens with one attached hydrogen (secondary N) is 2. The molecule has 1 atom stereocenters. The molecule has 0 bridgehead atoms. The lowest BCUT2D eigenvalue weighted by atomic mass is 9.98. The number of pyridine rings is 1. The zero-order valence-electron chi connectivity index (χ0n) is 26.3. The summed E-state index contributed by atoms with van der Waals surface area (Å²) in [6, 6.07) is 14.7. The topological polar surface area (TPSA) is 96.0 Å². The second kappa shape index (κ2) is 15.0. The van der Waals surface area contributed by atoms with Crippen molar-refractivity contribution < 1.29 is 19.2 Å². The van der Waals surface area contributed by atoms with Crippen molar-refractivity contribution in [1.82, 2.24) is 20.7 Å². The van der Waals surface area contributed by atoms with E-state index in [0.717, 1.165) is 55.8 Å². The average molecular weight is 588 g/mol. The molecule has 1 aliphatic heterocycles. The molecule has 0 radical (unpaired) electrons. The van der Waals surface area contributed by atoms with Crippen molar-refractivity contribution >= 4 is 17.5 Å². The van der Waals surface area contributed by atoms with Crippen LogP contribution in [0, 0.1) is 20.8 Å². The first-order valence-electron chi connectivity index (χ1n) is 15.0. The van der Waals surface area contributed by atoms with E-state index in [9.17, 15) is 9.59 Å². The fourth-order valence-corrected chi connectivity index (χ4v) is 5.96. The Morgan fingerprint density at radius 1 is 1.00 bits per heavy atom. The van der Waals surface area contributed by atoms with Crippen molar-refractivity contribution in [3.8, 4) is 5.75 Å². The van der Waals surface area contributed by atoms with Gasteiger partial charge in [0.1, 0.15) is 5.75 Å². The third-order valence-electron chi connectivity index (χ3n) is 8.52. The lowest BCUT2D eigenvalue weighted by Crippen LogP contribution is -2.48. The van der Waals surface area contributed by atoms with Gasteiger partial charge < -0.3 is 19.9 Å². The van der Waals surface area contributed by atoms with Gasteiger partial charge in [-0.3, -0.25) is 19.4 Å². The maximum Gasteiger partial charge on any atom is 0.275 e. The number of anilines is 1. The van der Waals surface area contributed by atoms with Gasteiger partial charge in [0.25, 0.3) is 11.8 Å². The Bertz CT molecular complexity index is 1360.